The smallest absolute Gasteiger partial charge is 0.277 e. The number of carbonyl (C=O) groups excluding carboxylic acids is 2. The Morgan fingerprint density at radius 2 is 1.85 bits per heavy atom. The first-order chi connectivity index (χ1) is 9.43. The molecule has 0 atom stereocenters. The van der Waals surface area contributed by atoms with Crippen LogP contribution in [0.3, 0.4) is 0 Å². The van der Waals surface area contributed by atoms with Crippen LogP contribution in [0.5, 0.6) is 0 Å². The van der Waals surface area contributed by atoms with Crippen molar-refractivity contribution in [2.24, 2.45) is 0 Å². The van der Waals surface area contributed by atoms with Crippen molar-refractivity contribution in [1.29, 1.82) is 0 Å². The number of carbonyl (C=O) groups is 2. The third-order valence-electron chi connectivity index (χ3n) is 2.60. The SMILES string of the molecule is O=C1C=C(Nc2c(Cl)cc(F)cc2Cl)C(=O)N1CCO. The summed E-state index contributed by atoms with van der Waals surface area (Å²) in [5, 5.41) is 11.4. The Hall–Kier alpha value is -1.63. The average Bonchev–Trinajstić information content (AvgIpc) is 2.62. The molecule has 1 heterocycles. The van der Waals surface area contributed by atoms with E-state index in [1.54, 1.807) is 0 Å². The highest BCUT2D eigenvalue weighted by atomic mass is 35.5. The van der Waals surface area contributed by atoms with E-state index >= 15 is 0 Å². The second-order valence-electron chi connectivity index (χ2n) is 3.95. The molecular weight excluding hydrogens is 310 g/mol. The molecule has 106 valence electrons. The molecule has 0 bridgehead atoms. The molecule has 0 saturated carbocycles. The van der Waals surface area contributed by atoms with E-state index in [1.165, 1.54) is 0 Å². The number of aliphatic hydroxyl groups is 1. The predicted octanol–water partition coefficient (Wildman–Crippen LogP) is 1.79. The first-order valence-corrected chi connectivity index (χ1v) is 6.29. The Balaban J connectivity index is 2.26. The van der Waals surface area contributed by atoms with Gasteiger partial charge < -0.3 is 10.4 Å². The van der Waals surface area contributed by atoms with E-state index in [-0.39, 0.29) is 34.6 Å². The van der Waals surface area contributed by atoms with E-state index in [9.17, 15) is 14.0 Å². The van der Waals surface area contributed by atoms with E-state index in [0.717, 1.165) is 23.1 Å². The van der Waals surface area contributed by atoms with Crippen molar-refractivity contribution in [1.82, 2.24) is 4.90 Å². The summed E-state index contributed by atoms with van der Waals surface area (Å²) in [7, 11) is 0. The maximum Gasteiger partial charge on any atom is 0.277 e. The lowest BCUT2D eigenvalue weighted by molar-refractivity contribution is -0.137. The first-order valence-electron chi connectivity index (χ1n) is 5.54. The molecule has 1 aromatic carbocycles. The van der Waals surface area contributed by atoms with Crippen LogP contribution in [0.25, 0.3) is 0 Å². The van der Waals surface area contributed by atoms with Crippen molar-refractivity contribution in [3.05, 3.63) is 39.8 Å². The molecule has 2 N–H and O–H groups in total. The van der Waals surface area contributed by atoms with Crippen LogP contribution in [0.4, 0.5) is 10.1 Å². The molecule has 0 unspecified atom stereocenters. The van der Waals surface area contributed by atoms with E-state index in [2.05, 4.69) is 5.32 Å². The third-order valence-corrected chi connectivity index (χ3v) is 3.20. The topological polar surface area (TPSA) is 69.6 Å². The fraction of sp³-hybridized carbons (Fsp3) is 0.167. The van der Waals surface area contributed by atoms with Crippen LogP contribution in [0.2, 0.25) is 10.0 Å². The number of rotatable bonds is 4. The van der Waals surface area contributed by atoms with Gasteiger partial charge in [-0.05, 0) is 12.1 Å². The second-order valence-corrected chi connectivity index (χ2v) is 4.76. The van der Waals surface area contributed by atoms with Gasteiger partial charge in [-0.25, -0.2) is 4.39 Å². The van der Waals surface area contributed by atoms with Gasteiger partial charge in [-0.1, -0.05) is 23.2 Å². The van der Waals surface area contributed by atoms with Crippen LogP contribution in [0.15, 0.2) is 23.9 Å². The van der Waals surface area contributed by atoms with Crippen LogP contribution >= 0.6 is 23.2 Å². The van der Waals surface area contributed by atoms with Crippen molar-refractivity contribution in [3.63, 3.8) is 0 Å². The van der Waals surface area contributed by atoms with Gasteiger partial charge in [-0.15, -0.1) is 0 Å². The minimum Gasteiger partial charge on any atom is -0.395 e. The Labute approximate surface area is 123 Å². The fourth-order valence-electron chi connectivity index (χ4n) is 1.71. The van der Waals surface area contributed by atoms with E-state index in [4.69, 9.17) is 28.3 Å². The number of hydrogen-bond acceptors (Lipinski definition) is 4. The van der Waals surface area contributed by atoms with E-state index < -0.39 is 17.6 Å². The van der Waals surface area contributed by atoms with Crippen LogP contribution in [0, 0.1) is 5.82 Å². The zero-order valence-corrected chi connectivity index (χ0v) is 11.5. The normalized spacial score (nSPS) is 14.8. The van der Waals surface area contributed by atoms with Gasteiger partial charge in [0.2, 0.25) is 0 Å². The highest BCUT2D eigenvalue weighted by molar-refractivity contribution is 6.39. The van der Waals surface area contributed by atoms with Crippen molar-refractivity contribution in [3.8, 4) is 0 Å². The molecule has 0 spiro atoms. The van der Waals surface area contributed by atoms with Gasteiger partial charge in [0, 0.05) is 6.08 Å². The van der Waals surface area contributed by atoms with Gasteiger partial charge in [0.1, 0.15) is 11.5 Å². The molecule has 2 amide bonds. The van der Waals surface area contributed by atoms with E-state index in [0.29, 0.717) is 0 Å². The predicted molar refractivity (Wildman–Crippen MR) is 71.9 cm³/mol. The maximum atomic E-state index is 13.1. The summed E-state index contributed by atoms with van der Waals surface area (Å²) >= 11 is 11.7. The molecule has 0 radical (unpaired) electrons. The number of benzene rings is 1. The number of hydrogen-bond donors (Lipinski definition) is 2. The van der Waals surface area contributed by atoms with Gasteiger partial charge in [-0.3, -0.25) is 14.5 Å². The zero-order chi connectivity index (χ0) is 14.9. The standard InChI is InChI=1S/C12H9Cl2FN2O3/c13-7-3-6(15)4-8(14)11(7)16-9-5-10(19)17(1-2-18)12(9)20/h3-5,16,18H,1-2H2. The number of nitrogens with zero attached hydrogens (tertiary/aromatic N) is 1. The molecule has 0 aliphatic carbocycles. The largest absolute Gasteiger partial charge is 0.395 e. The Morgan fingerprint density at radius 3 is 2.40 bits per heavy atom. The number of amides is 2. The molecule has 20 heavy (non-hydrogen) atoms. The van der Waals surface area contributed by atoms with Gasteiger partial charge in [-0.2, -0.15) is 0 Å². The average molecular weight is 319 g/mol. The minimum absolute atomic E-state index is 0.0169. The number of β-amino-alcohol motifs (C(OH)–C–C–N with tert-alkyl or cyclic N) is 1. The fourth-order valence-corrected chi connectivity index (χ4v) is 2.26. The number of anilines is 1. The number of imide groups is 1. The molecule has 0 aromatic heterocycles. The van der Waals surface area contributed by atoms with Crippen LogP contribution in [-0.2, 0) is 9.59 Å². The summed E-state index contributed by atoms with van der Waals surface area (Å²) < 4.78 is 13.1. The van der Waals surface area contributed by atoms with Crippen LogP contribution in [-0.4, -0.2) is 35.0 Å². The van der Waals surface area contributed by atoms with Gasteiger partial charge >= 0.3 is 0 Å². The summed E-state index contributed by atoms with van der Waals surface area (Å²) in [6.45, 7) is -0.444. The second kappa shape index (κ2) is 5.78. The Bertz CT molecular complexity index is 596. The zero-order valence-electron chi connectivity index (χ0n) is 9.99. The lowest BCUT2D eigenvalue weighted by Crippen LogP contribution is -2.34. The summed E-state index contributed by atoms with van der Waals surface area (Å²) in [5.74, 6) is -1.78. The van der Waals surface area contributed by atoms with Crippen molar-refractivity contribution in [2.75, 3.05) is 18.5 Å². The van der Waals surface area contributed by atoms with Crippen LogP contribution < -0.4 is 5.32 Å². The number of aliphatic hydroxyl groups excluding tert-OH is 1. The molecule has 0 saturated heterocycles. The summed E-state index contributed by atoms with van der Waals surface area (Å²) in [6, 6.07) is 2.06. The molecule has 5 nitrogen and oxygen atoms in total. The maximum absolute atomic E-state index is 13.1. The molecular formula is C12H9Cl2FN2O3. The molecule has 8 heteroatoms. The summed E-state index contributed by atoms with van der Waals surface area (Å²) in [4.78, 5) is 24.3. The molecule has 2 rings (SSSR count). The van der Waals surface area contributed by atoms with E-state index in [1.807, 2.05) is 0 Å². The number of nitrogens with one attached hydrogen (secondary N) is 1. The summed E-state index contributed by atoms with van der Waals surface area (Å²) in [5.41, 5.74) is 0.0897. The van der Waals surface area contributed by atoms with Gasteiger partial charge in [0.05, 0.1) is 28.9 Å². The minimum atomic E-state index is -0.615. The lowest BCUT2D eigenvalue weighted by Gasteiger charge is -2.14. The highest BCUT2D eigenvalue weighted by Crippen LogP contribution is 2.33. The molecule has 1 aliphatic heterocycles. The van der Waals surface area contributed by atoms with Crippen LogP contribution in [0.1, 0.15) is 0 Å². The van der Waals surface area contributed by atoms with Crippen molar-refractivity contribution >= 4 is 40.7 Å². The Morgan fingerprint density at radius 1 is 1.25 bits per heavy atom. The molecule has 0 fully saturated rings. The number of halogens is 3. The lowest BCUT2D eigenvalue weighted by atomic mass is 10.3. The first kappa shape index (κ1) is 14.8. The highest BCUT2D eigenvalue weighted by Gasteiger charge is 2.31. The molecule has 1 aliphatic rings. The van der Waals surface area contributed by atoms with Crippen molar-refractivity contribution in [2.45, 2.75) is 0 Å². The molecule has 1 aromatic rings. The third kappa shape index (κ3) is 2.77. The van der Waals surface area contributed by atoms with Gasteiger partial charge in [0.15, 0.2) is 0 Å². The Kier molecular flexibility index (Phi) is 4.27. The van der Waals surface area contributed by atoms with Gasteiger partial charge in [0.25, 0.3) is 11.8 Å². The summed E-state index contributed by atoms with van der Waals surface area (Å²) in [6.07, 6.45) is 1.06. The quantitative estimate of drug-likeness (QED) is 0.830. The van der Waals surface area contributed by atoms with Crippen molar-refractivity contribution < 1.29 is 19.1 Å². The monoisotopic (exact) mass is 318 g/mol.